The summed E-state index contributed by atoms with van der Waals surface area (Å²) in [6.45, 7) is 6.75. The standard InChI is InChI=1S/C16H22N4O/c1-5-21-13-9-7-6-8-12(13)18-15-10-14(17-4)19-16(20-15)11(2)3/h6-11H,5H2,1-4H3,(H2,17,18,19,20). The van der Waals surface area contributed by atoms with Crippen LogP contribution in [0.5, 0.6) is 5.75 Å². The molecule has 5 heteroatoms. The molecule has 0 saturated carbocycles. The van der Waals surface area contributed by atoms with Crippen molar-refractivity contribution in [3.05, 3.63) is 36.2 Å². The topological polar surface area (TPSA) is 59.1 Å². The van der Waals surface area contributed by atoms with Crippen molar-refractivity contribution >= 4 is 17.3 Å². The number of nitrogens with one attached hydrogen (secondary N) is 2. The molecular formula is C16H22N4O. The van der Waals surface area contributed by atoms with Gasteiger partial charge in [0.05, 0.1) is 12.3 Å². The maximum absolute atomic E-state index is 5.62. The first kappa shape index (κ1) is 15.1. The van der Waals surface area contributed by atoms with Crippen molar-refractivity contribution in [2.45, 2.75) is 26.7 Å². The van der Waals surface area contributed by atoms with Crippen molar-refractivity contribution in [2.24, 2.45) is 0 Å². The van der Waals surface area contributed by atoms with E-state index in [1.165, 1.54) is 0 Å². The van der Waals surface area contributed by atoms with E-state index in [0.29, 0.717) is 6.61 Å². The van der Waals surface area contributed by atoms with Gasteiger partial charge in [-0.05, 0) is 19.1 Å². The highest BCUT2D eigenvalue weighted by atomic mass is 16.5. The summed E-state index contributed by atoms with van der Waals surface area (Å²) < 4.78 is 5.62. The van der Waals surface area contributed by atoms with E-state index in [9.17, 15) is 0 Å². The van der Waals surface area contributed by atoms with Gasteiger partial charge in [0, 0.05) is 19.0 Å². The third-order valence-corrected chi connectivity index (χ3v) is 2.97. The van der Waals surface area contributed by atoms with Gasteiger partial charge in [-0.25, -0.2) is 9.97 Å². The summed E-state index contributed by atoms with van der Waals surface area (Å²) in [5.74, 6) is 3.44. The highest BCUT2D eigenvalue weighted by Gasteiger charge is 2.09. The Kier molecular flexibility index (Phi) is 4.98. The molecule has 1 aromatic heterocycles. The van der Waals surface area contributed by atoms with Crippen LogP contribution in [0.4, 0.5) is 17.3 Å². The molecule has 0 unspecified atom stereocenters. The van der Waals surface area contributed by atoms with Crippen molar-refractivity contribution in [2.75, 3.05) is 24.3 Å². The van der Waals surface area contributed by atoms with Crippen LogP contribution in [0.1, 0.15) is 32.5 Å². The van der Waals surface area contributed by atoms with E-state index < -0.39 is 0 Å². The zero-order valence-electron chi connectivity index (χ0n) is 13.0. The van der Waals surface area contributed by atoms with E-state index in [1.54, 1.807) is 0 Å². The van der Waals surface area contributed by atoms with Gasteiger partial charge in [-0.3, -0.25) is 0 Å². The predicted molar refractivity (Wildman–Crippen MR) is 86.6 cm³/mol. The molecule has 0 fully saturated rings. The van der Waals surface area contributed by atoms with E-state index in [4.69, 9.17) is 4.74 Å². The third-order valence-electron chi connectivity index (χ3n) is 2.97. The zero-order valence-corrected chi connectivity index (χ0v) is 13.0. The lowest BCUT2D eigenvalue weighted by Gasteiger charge is -2.14. The first-order valence-corrected chi connectivity index (χ1v) is 7.19. The molecule has 0 bridgehead atoms. The molecule has 21 heavy (non-hydrogen) atoms. The predicted octanol–water partition coefficient (Wildman–Crippen LogP) is 3.78. The Hall–Kier alpha value is -2.30. The number of benzene rings is 1. The monoisotopic (exact) mass is 286 g/mol. The van der Waals surface area contributed by atoms with Crippen LogP contribution in [0.25, 0.3) is 0 Å². The van der Waals surface area contributed by atoms with Crippen LogP contribution < -0.4 is 15.4 Å². The van der Waals surface area contributed by atoms with Crippen molar-refractivity contribution in [3.63, 3.8) is 0 Å². The minimum atomic E-state index is 0.265. The molecule has 0 atom stereocenters. The number of ether oxygens (including phenoxy) is 1. The molecule has 0 amide bonds. The van der Waals surface area contributed by atoms with Crippen molar-refractivity contribution < 1.29 is 4.74 Å². The molecule has 0 aliphatic carbocycles. The molecule has 0 saturated heterocycles. The van der Waals surface area contributed by atoms with Gasteiger partial charge in [-0.1, -0.05) is 26.0 Å². The molecule has 1 heterocycles. The molecule has 0 aliphatic rings. The Morgan fingerprint density at radius 3 is 2.52 bits per heavy atom. The summed E-state index contributed by atoms with van der Waals surface area (Å²) in [5, 5.41) is 6.38. The van der Waals surface area contributed by atoms with Gasteiger partial charge in [0.1, 0.15) is 23.2 Å². The average Bonchev–Trinajstić information content (AvgIpc) is 2.49. The quantitative estimate of drug-likeness (QED) is 0.846. The van der Waals surface area contributed by atoms with Gasteiger partial charge in [-0.2, -0.15) is 0 Å². The Morgan fingerprint density at radius 1 is 1.14 bits per heavy atom. The molecule has 2 N–H and O–H groups in total. The number of para-hydroxylation sites is 2. The SMILES string of the molecule is CCOc1ccccc1Nc1cc(NC)nc(C(C)C)n1. The van der Waals surface area contributed by atoms with Gasteiger partial charge < -0.3 is 15.4 Å². The minimum Gasteiger partial charge on any atom is -0.492 e. The van der Waals surface area contributed by atoms with Crippen molar-refractivity contribution in [3.8, 4) is 5.75 Å². The van der Waals surface area contributed by atoms with Crippen molar-refractivity contribution in [1.82, 2.24) is 9.97 Å². The molecule has 5 nitrogen and oxygen atoms in total. The van der Waals surface area contributed by atoms with Gasteiger partial charge >= 0.3 is 0 Å². The maximum atomic E-state index is 5.62. The van der Waals surface area contributed by atoms with Crippen LogP contribution >= 0.6 is 0 Å². The fourth-order valence-electron chi connectivity index (χ4n) is 1.91. The first-order valence-electron chi connectivity index (χ1n) is 7.19. The normalized spacial score (nSPS) is 10.5. The van der Waals surface area contributed by atoms with Gasteiger partial charge in [0.15, 0.2) is 0 Å². The number of rotatable bonds is 6. The Morgan fingerprint density at radius 2 is 1.86 bits per heavy atom. The minimum absolute atomic E-state index is 0.265. The largest absolute Gasteiger partial charge is 0.492 e. The smallest absolute Gasteiger partial charge is 0.142 e. The Bertz CT molecular complexity index is 599. The van der Waals surface area contributed by atoms with E-state index in [1.807, 2.05) is 44.3 Å². The highest BCUT2D eigenvalue weighted by Crippen LogP contribution is 2.28. The van der Waals surface area contributed by atoms with Gasteiger partial charge in [-0.15, -0.1) is 0 Å². The molecule has 0 radical (unpaired) electrons. The first-order chi connectivity index (χ1) is 10.1. The molecule has 2 rings (SSSR count). The summed E-state index contributed by atoms with van der Waals surface area (Å²) >= 11 is 0. The molecule has 2 aromatic rings. The van der Waals surface area contributed by atoms with Crippen molar-refractivity contribution in [1.29, 1.82) is 0 Å². The van der Waals surface area contributed by atoms with E-state index in [2.05, 4.69) is 34.4 Å². The highest BCUT2D eigenvalue weighted by molar-refractivity contribution is 5.65. The molecular weight excluding hydrogens is 264 g/mol. The molecule has 1 aromatic carbocycles. The molecule has 0 aliphatic heterocycles. The summed E-state index contributed by atoms with van der Waals surface area (Å²) in [5.41, 5.74) is 0.898. The van der Waals surface area contributed by atoms with Gasteiger partial charge in [0.2, 0.25) is 0 Å². The number of hydrogen-bond donors (Lipinski definition) is 2. The second kappa shape index (κ2) is 6.92. The summed E-state index contributed by atoms with van der Waals surface area (Å²) in [7, 11) is 1.85. The fraction of sp³-hybridized carbons (Fsp3) is 0.375. The second-order valence-corrected chi connectivity index (χ2v) is 4.96. The number of anilines is 3. The van der Waals surface area contributed by atoms with Gasteiger partial charge in [0.25, 0.3) is 0 Å². The van der Waals surface area contributed by atoms with Crippen LogP contribution in [0.15, 0.2) is 30.3 Å². The lowest BCUT2D eigenvalue weighted by Crippen LogP contribution is -2.06. The summed E-state index contributed by atoms with van der Waals surface area (Å²) in [6.07, 6.45) is 0. The summed E-state index contributed by atoms with van der Waals surface area (Å²) in [6, 6.07) is 9.72. The van der Waals surface area contributed by atoms with Crippen LogP contribution in [0, 0.1) is 0 Å². The third kappa shape index (κ3) is 3.84. The van der Waals surface area contributed by atoms with Crippen LogP contribution in [0.2, 0.25) is 0 Å². The molecule has 112 valence electrons. The maximum Gasteiger partial charge on any atom is 0.142 e. The zero-order chi connectivity index (χ0) is 15.2. The Balaban J connectivity index is 2.32. The Labute approximate surface area is 125 Å². The lowest BCUT2D eigenvalue weighted by atomic mass is 10.2. The van der Waals surface area contributed by atoms with E-state index in [0.717, 1.165) is 28.9 Å². The van der Waals surface area contributed by atoms with Crippen LogP contribution in [-0.2, 0) is 0 Å². The summed E-state index contributed by atoms with van der Waals surface area (Å²) in [4.78, 5) is 9.02. The van der Waals surface area contributed by atoms with E-state index >= 15 is 0 Å². The van der Waals surface area contributed by atoms with Crippen LogP contribution in [-0.4, -0.2) is 23.6 Å². The average molecular weight is 286 g/mol. The molecule has 0 spiro atoms. The fourth-order valence-corrected chi connectivity index (χ4v) is 1.91. The number of aromatic nitrogens is 2. The lowest BCUT2D eigenvalue weighted by molar-refractivity contribution is 0.342. The number of hydrogen-bond acceptors (Lipinski definition) is 5. The second-order valence-electron chi connectivity index (χ2n) is 4.96. The van der Waals surface area contributed by atoms with E-state index in [-0.39, 0.29) is 5.92 Å². The number of nitrogens with zero attached hydrogens (tertiary/aromatic N) is 2. The van der Waals surface area contributed by atoms with Crippen LogP contribution in [0.3, 0.4) is 0 Å².